The van der Waals surface area contributed by atoms with E-state index < -0.39 is 29.6 Å². The number of ether oxygens (including phenoxy) is 2. The van der Waals surface area contributed by atoms with Gasteiger partial charge in [0.2, 0.25) is 5.78 Å². The maximum absolute atomic E-state index is 13.5. The van der Waals surface area contributed by atoms with Gasteiger partial charge in [0.1, 0.15) is 13.2 Å². The van der Waals surface area contributed by atoms with Crippen LogP contribution >= 0.6 is 0 Å². The SMILES string of the molecule is O=C(C[C@H](c1ccccc1)C(C(=O)OCc1ccccc1)C(=O)OCc1ccccc1)c1cccc[n+]1[O-]. The number of hydrogen-bond donors (Lipinski definition) is 0. The van der Waals surface area contributed by atoms with Crippen LogP contribution in [0.25, 0.3) is 0 Å². The number of esters is 2. The van der Waals surface area contributed by atoms with Crippen LogP contribution < -0.4 is 4.73 Å². The van der Waals surface area contributed by atoms with Crippen LogP contribution in [0.15, 0.2) is 115 Å². The second kappa shape index (κ2) is 13.0. The molecule has 0 aliphatic carbocycles. The van der Waals surface area contributed by atoms with Crippen molar-refractivity contribution in [2.45, 2.75) is 25.6 Å². The molecule has 3 aromatic carbocycles. The summed E-state index contributed by atoms with van der Waals surface area (Å²) < 4.78 is 11.6. The Morgan fingerprint density at radius 3 is 1.63 bits per heavy atom. The average molecular weight is 510 g/mol. The number of hydrogen-bond acceptors (Lipinski definition) is 6. The average Bonchev–Trinajstić information content (AvgIpc) is 2.96. The van der Waals surface area contributed by atoms with Gasteiger partial charge in [-0.2, -0.15) is 4.73 Å². The normalized spacial score (nSPS) is 11.5. The van der Waals surface area contributed by atoms with E-state index in [1.807, 2.05) is 36.4 Å². The molecule has 7 heteroatoms. The summed E-state index contributed by atoms with van der Waals surface area (Å²) in [7, 11) is 0. The standard InChI is InChI=1S/C31H27NO6/c33-28(27-18-10-11-19-32(27)36)20-26(25-16-8-3-9-17-25)29(30(34)37-21-23-12-4-1-5-13-23)31(35)38-22-24-14-6-2-7-15-24/h1-19,26,29H,20-22H2/t26-/m1/s1. The number of benzene rings is 3. The van der Waals surface area contributed by atoms with Gasteiger partial charge < -0.3 is 14.7 Å². The zero-order valence-corrected chi connectivity index (χ0v) is 20.6. The minimum Gasteiger partial charge on any atom is -0.618 e. The van der Waals surface area contributed by atoms with Crippen molar-refractivity contribution in [3.05, 3.63) is 143 Å². The van der Waals surface area contributed by atoms with E-state index in [1.54, 1.807) is 60.7 Å². The Hall–Kier alpha value is -4.78. The van der Waals surface area contributed by atoms with E-state index in [1.165, 1.54) is 18.3 Å². The van der Waals surface area contributed by atoms with Crippen LogP contribution in [0.2, 0.25) is 0 Å². The molecule has 38 heavy (non-hydrogen) atoms. The molecule has 0 saturated carbocycles. The predicted molar refractivity (Wildman–Crippen MR) is 139 cm³/mol. The van der Waals surface area contributed by atoms with Gasteiger partial charge in [0, 0.05) is 24.5 Å². The summed E-state index contributed by atoms with van der Waals surface area (Å²) in [6.07, 6.45) is 0.951. The summed E-state index contributed by atoms with van der Waals surface area (Å²) in [6.45, 7) is -0.0896. The van der Waals surface area contributed by atoms with Crippen molar-refractivity contribution in [1.82, 2.24) is 0 Å². The van der Waals surface area contributed by atoms with Gasteiger partial charge in [-0.3, -0.25) is 14.4 Å². The molecule has 1 atom stereocenters. The van der Waals surface area contributed by atoms with Gasteiger partial charge in [0.25, 0.3) is 5.69 Å². The maximum Gasteiger partial charge on any atom is 0.321 e. The first-order chi connectivity index (χ1) is 18.5. The molecular formula is C31H27NO6. The summed E-state index contributed by atoms with van der Waals surface area (Å²) in [5.41, 5.74) is 2.00. The third-order valence-electron chi connectivity index (χ3n) is 6.10. The van der Waals surface area contributed by atoms with Gasteiger partial charge in [-0.25, -0.2) is 0 Å². The van der Waals surface area contributed by atoms with Crippen LogP contribution in [0, 0.1) is 11.1 Å². The largest absolute Gasteiger partial charge is 0.618 e. The van der Waals surface area contributed by atoms with Crippen molar-refractivity contribution in [1.29, 1.82) is 0 Å². The van der Waals surface area contributed by atoms with Crippen molar-refractivity contribution in [3.63, 3.8) is 0 Å². The van der Waals surface area contributed by atoms with Gasteiger partial charge in [0.15, 0.2) is 12.1 Å². The zero-order chi connectivity index (χ0) is 26.7. The molecule has 1 heterocycles. The molecule has 7 nitrogen and oxygen atoms in total. The highest BCUT2D eigenvalue weighted by molar-refractivity contribution is 5.99. The van der Waals surface area contributed by atoms with Crippen molar-refractivity contribution < 1.29 is 28.6 Å². The molecule has 0 N–H and O–H groups in total. The topological polar surface area (TPSA) is 96.6 Å². The van der Waals surface area contributed by atoms with Crippen LogP contribution in [-0.4, -0.2) is 17.7 Å². The Morgan fingerprint density at radius 1 is 0.658 bits per heavy atom. The van der Waals surface area contributed by atoms with Gasteiger partial charge in [-0.1, -0.05) is 91.0 Å². The molecule has 0 bridgehead atoms. The lowest BCUT2D eigenvalue weighted by Gasteiger charge is -2.24. The number of nitrogens with zero attached hydrogens (tertiary/aromatic N) is 1. The number of carbonyl (C=O) groups excluding carboxylic acids is 3. The van der Waals surface area contributed by atoms with Crippen LogP contribution in [0.4, 0.5) is 0 Å². The Bertz CT molecular complexity index is 1300. The fourth-order valence-corrected chi connectivity index (χ4v) is 4.14. The fourth-order valence-electron chi connectivity index (χ4n) is 4.14. The molecule has 192 valence electrons. The molecule has 0 radical (unpaired) electrons. The number of rotatable bonds is 11. The van der Waals surface area contributed by atoms with Crippen molar-refractivity contribution >= 4 is 17.7 Å². The highest BCUT2D eigenvalue weighted by atomic mass is 16.6. The zero-order valence-electron chi connectivity index (χ0n) is 20.6. The molecule has 0 aliphatic heterocycles. The van der Waals surface area contributed by atoms with E-state index in [4.69, 9.17) is 9.47 Å². The van der Waals surface area contributed by atoms with Gasteiger partial charge in [0.05, 0.1) is 0 Å². The number of aromatic nitrogens is 1. The van der Waals surface area contributed by atoms with E-state index in [9.17, 15) is 19.6 Å². The molecule has 0 fully saturated rings. The summed E-state index contributed by atoms with van der Waals surface area (Å²) in [5.74, 6) is -4.48. The molecule has 0 unspecified atom stereocenters. The molecule has 4 rings (SSSR count). The molecule has 0 amide bonds. The highest BCUT2D eigenvalue weighted by Crippen LogP contribution is 2.32. The summed E-state index contributed by atoms with van der Waals surface area (Å²) >= 11 is 0. The van der Waals surface area contributed by atoms with Crippen LogP contribution in [0.1, 0.15) is 39.5 Å². The smallest absolute Gasteiger partial charge is 0.321 e. The first-order valence-electron chi connectivity index (χ1n) is 12.2. The van der Waals surface area contributed by atoms with Crippen LogP contribution in [-0.2, 0) is 32.3 Å². The fraction of sp³-hybridized carbons (Fsp3) is 0.161. The van der Waals surface area contributed by atoms with Gasteiger partial charge in [-0.15, -0.1) is 0 Å². The lowest BCUT2D eigenvalue weighted by atomic mass is 9.81. The number of ketones is 1. The Labute approximate surface area is 220 Å². The minimum atomic E-state index is -1.43. The van der Waals surface area contributed by atoms with Crippen molar-refractivity contribution in [2.75, 3.05) is 0 Å². The van der Waals surface area contributed by atoms with E-state index >= 15 is 0 Å². The summed E-state index contributed by atoms with van der Waals surface area (Å²) in [6, 6.07) is 31.4. The molecule has 0 aliphatic rings. The molecule has 0 saturated heterocycles. The summed E-state index contributed by atoms with van der Waals surface area (Å²) in [5, 5.41) is 12.2. The van der Waals surface area contributed by atoms with E-state index in [-0.39, 0.29) is 25.3 Å². The Balaban J connectivity index is 1.64. The monoisotopic (exact) mass is 509 g/mol. The van der Waals surface area contributed by atoms with Crippen molar-refractivity contribution in [2.24, 2.45) is 5.92 Å². The first kappa shape index (κ1) is 26.3. The van der Waals surface area contributed by atoms with Crippen molar-refractivity contribution in [3.8, 4) is 0 Å². The molecule has 4 aromatic rings. The lowest BCUT2D eigenvalue weighted by Crippen LogP contribution is -2.37. The maximum atomic E-state index is 13.5. The Morgan fingerprint density at radius 2 is 1.13 bits per heavy atom. The third-order valence-corrected chi connectivity index (χ3v) is 6.10. The van der Waals surface area contributed by atoms with Gasteiger partial charge >= 0.3 is 11.9 Å². The molecular weight excluding hydrogens is 482 g/mol. The van der Waals surface area contributed by atoms with Crippen LogP contribution in [0.3, 0.4) is 0 Å². The van der Waals surface area contributed by atoms with E-state index in [2.05, 4.69) is 0 Å². The van der Waals surface area contributed by atoms with Gasteiger partial charge in [-0.05, 0) is 22.8 Å². The van der Waals surface area contributed by atoms with E-state index in [0.29, 0.717) is 10.3 Å². The summed E-state index contributed by atoms with van der Waals surface area (Å²) in [4.78, 5) is 40.2. The first-order valence-corrected chi connectivity index (χ1v) is 12.2. The second-order valence-electron chi connectivity index (χ2n) is 8.72. The molecule has 0 spiro atoms. The second-order valence-corrected chi connectivity index (χ2v) is 8.72. The van der Waals surface area contributed by atoms with E-state index in [0.717, 1.165) is 11.1 Å². The Kier molecular flexibility index (Phi) is 8.97. The predicted octanol–water partition coefficient (Wildman–Crippen LogP) is 4.78. The highest BCUT2D eigenvalue weighted by Gasteiger charge is 2.40. The molecule has 1 aromatic heterocycles. The third kappa shape index (κ3) is 6.91. The lowest BCUT2D eigenvalue weighted by molar-refractivity contribution is -0.607. The minimum absolute atomic E-state index is 0.0448. The number of pyridine rings is 1. The number of Topliss-reactive ketones (excluding diaryl/α,β-unsaturated/α-hetero) is 1. The quantitative estimate of drug-likeness (QED) is 0.0949. The number of carbonyl (C=O) groups is 3. The van der Waals surface area contributed by atoms with Crippen LogP contribution in [0.5, 0.6) is 0 Å².